The number of carboxylic acid groups (broad SMARTS) is 1. The molecule has 0 amide bonds. The number of halogens is 2. The molecule has 7 heteroatoms. The molecule has 3 N–H and O–H groups in total. The summed E-state index contributed by atoms with van der Waals surface area (Å²) in [7, 11) is 0. The highest BCUT2D eigenvalue weighted by atomic mass is 19.3. The molecule has 0 radical (unpaired) electrons. The van der Waals surface area contributed by atoms with Gasteiger partial charge in [-0.05, 0) is 6.42 Å². The van der Waals surface area contributed by atoms with Crippen LogP contribution in [-0.4, -0.2) is 45.4 Å². The van der Waals surface area contributed by atoms with E-state index in [-0.39, 0.29) is 0 Å². The largest absolute Gasteiger partial charge is 0.544 e. The maximum Gasteiger partial charge on any atom is 0.277 e. The van der Waals surface area contributed by atoms with Crippen LogP contribution in [0.25, 0.3) is 0 Å². The monoisotopic (exact) mass is 243 g/mol. The van der Waals surface area contributed by atoms with Crippen molar-refractivity contribution in [2.24, 2.45) is 0 Å². The second kappa shape index (κ2) is 14.2. The first-order valence-electron chi connectivity index (χ1n) is 5.00. The summed E-state index contributed by atoms with van der Waals surface area (Å²) in [5, 5.41) is 8.84. The van der Waals surface area contributed by atoms with E-state index in [9.17, 15) is 8.78 Å². The second-order valence-corrected chi connectivity index (χ2v) is 2.70. The Morgan fingerprint density at radius 3 is 2.00 bits per heavy atom. The van der Waals surface area contributed by atoms with Crippen LogP contribution in [0, 0.1) is 0 Å². The molecule has 0 unspecified atom stereocenters. The van der Waals surface area contributed by atoms with Crippen molar-refractivity contribution in [1.29, 1.82) is 0 Å². The summed E-state index contributed by atoms with van der Waals surface area (Å²) in [4.78, 5) is 8.84. The average Bonchev–Trinajstić information content (AvgIpc) is 2.24. The van der Waals surface area contributed by atoms with E-state index in [0.717, 1.165) is 26.2 Å². The highest BCUT2D eigenvalue weighted by molar-refractivity contribution is 5.67. The fourth-order valence-corrected chi connectivity index (χ4v) is 0.568. The molecule has 5 nitrogen and oxygen atoms in total. The molecular formula is C9H19F2NO4. The van der Waals surface area contributed by atoms with Gasteiger partial charge in [-0.15, -0.1) is 0 Å². The summed E-state index contributed by atoms with van der Waals surface area (Å²) in [6, 6.07) is 0. The van der Waals surface area contributed by atoms with Crippen LogP contribution in [0.3, 0.4) is 0 Å². The Labute approximate surface area is 93.5 Å². The van der Waals surface area contributed by atoms with Crippen LogP contribution < -0.4 is 10.8 Å². The van der Waals surface area contributed by atoms with Crippen molar-refractivity contribution in [3.8, 4) is 0 Å². The topological polar surface area (TPSA) is 86.2 Å². The molecule has 0 aromatic heterocycles. The standard InChI is InChI=1S/C7H17NO2.C2H2F2O2/c1-2-4-9-6-7-10-5-3-8;3-1(4)2(5)6/h2-8H2,1H3;1H,(H,5,6). The smallest absolute Gasteiger partial charge is 0.277 e. The zero-order valence-electron chi connectivity index (χ0n) is 9.42. The second-order valence-electron chi connectivity index (χ2n) is 2.70. The van der Waals surface area contributed by atoms with Crippen molar-refractivity contribution in [2.45, 2.75) is 19.8 Å². The van der Waals surface area contributed by atoms with Crippen LogP contribution in [0.2, 0.25) is 0 Å². The average molecular weight is 243 g/mol. The van der Waals surface area contributed by atoms with Gasteiger partial charge in [0, 0.05) is 6.61 Å². The molecule has 0 aromatic rings. The summed E-state index contributed by atoms with van der Waals surface area (Å²) in [5.41, 5.74) is 3.65. The first-order chi connectivity index (χ1) is 7.56. The van der Waals surface area contributed by atoms with Crippen LogP contribution in [0.5, 0.6) is 0 Å². The summed E-state index contributed by atoms with van der Waals surface area (Å²) in [6.45, 7) is 5.94. The van der Waals surface area contributed by atoms with Gasteiger partial charge in [-0.1, -0.05) is 6.92 Å². The number of alkyl halides is 2. The van der Waals surface area contributed by atoms with Gasteiger partial charge < -0.3 is 25.1 Å². The minimum Gasteiger partial charge on any atom is -0.544 e. The predicted octanol–water partition coefficient (Wildman–Crippen LogP) is -1.33. The first-order valence-corrected chi connectivity index (χ1v) is 5.00. The maximum atomic E-state index is 10.5. The lowest BCUT2D eigenvalue weighted by Crippen LogP contribution is -2.52. The molecule has 0 aromatic carbocycles. The van der Waals surface area contributed by atoms with Gasteiger partial charge in [-0.25, -0.2) is 8.78 Å². The number of hydrogen-bond acceptors (Lipinski definition) is 4. The third kappa shape index (κ3) is 18.9. The summed E-state index contributed by atoms with van der Waals surface area (Å²) in [5.74, 6) is -2.32. The minimum absolute atomic E-state index is 0.704. The highest BCUT2D eigenvalue weighted by Gasteiger charge is 1.98. The van der Waals surface area contributed by atoms with E-state index in [4.69, 9.17) is 19.4 Å². The fourth-order valence-electron chi connectivity index (χ4n) is 0.568. The highest BCUT2D eigenvalue weighted by Crippen LogP contribution is 1.85. The molecule has 0 aliphatic heterocycles. The van der Waals surface area contributed by atoms with E-state index in [2.05, 4.69) is 12.7 Å². The van der Waals surface area contributed by atoms with E-state index in [1.165, 1.54) is 0 Å². The number of carbonyl (C=O) groups is 1. The molecule has 0 spiro atoms. The Morgan fingerprint density at radius 1 is 1.25 bits per heavy atom. The van der Waals surface area contributed by atoms with Gasteiger partial charge in [0.1, 0.15) is 5.97 Å². The molecule has 0 fully saturated rings. The van der Waals surface area contributed by atoms with Crippen LogP contribution >= 0.6 is 0 Å². The summed E-state index contributed by atoms with van der Waals surface area (Å²) >= 11 is 0. The van der Waals surface area contributed by atoms with Gasteiger partial charge >= 0.3 is 0 Å². The molecule has 98 valence electrons. The van der Waals surface area contributed by atoms with Gasteiger partial charge in [0.15, 0.2) is 0 Å². The van der Waals surface area contributed by atoms with E-state index in [0.29, 0.717) is 13.2 Å². The molecule has 0 saturated heterocycles. The quantitative estimate of drug-likeness (QED) is 0.535. The normalized spacial score (nSPS) is 9.81. The van der Waals surface area contributed by atoms with Crippen molar-refractivity contribution in [1.82, 2.24) is 0 Å². The Hall–Kier alpha value is -0.790. The number of carboxylic acids is 1. The molecule has 0 rings (SSSR count). The number of aliphatic carboxylic acids is 1. The van der Waals surface area contributed by atoms with Crippen LogP contribution in [0.4, 0.5) is 8.78 Å². The molecule has 0 atom stereocenters. The number of carbonyl (C=O) groups excluding carboxylic acids is 1. The first kappa shape index (κ1) is 17.6. The molecule has 0 bridgehead atoms. The molecule has 0 saturated carbocycles. The van der Waals surface area contributed by atoms with Crippen LogP contribution in [-0.2, 0) is 14.3 Å². The van der Waals surface area contributed by atoms with Crippen LogP contribution in [0.1, 0.15) is 13.3 Å². The number of hydrogen-bond donors (Lipinski definition) is 1. The molecule has 0 aliphatic carbocycles. The molecule has 16 heavy (non-hydrogen) atoms. The SMILES string of the molecule is CCCOCCOCC[NH3+].O=C([O-])C(F)F. The van der Waals surface area contributed by atoms with Crippen molar-refractivity contribution < 1.29 is 33.9 Å². The van der Waals surface area contributed by atoms with Crippen molar-refractivity contribution in [3.05, 3.63) is 0 Å². The van der Waals surface area contributed by atoms with E-state index < -0.39 is 12.4 Å². The van der Waals surface area contributed by atoms with E-state index >= 15 is 0 Å². The summed E-state index contributed by atoms with van der Waals surface area (Å²) < 4.78 is 31.3. The third-order valence-corrected chi connectivity index (χ3v) is 1.19. The van der Waals surface area contributed by atoms with Gasteiger partial charge in [-0.2, -0.15) is 0 Å². The van der Waals surface area contributed by atoms with Crippen molar-refractivity contribution >= 4 is 5.97 Å². The Morgan fingerprint density at radius 2 is 1.69 bits per heavy atom. The van der Waals surface area contributed by atoms with Gasteiger partial charge in [0.05, 0.1) is 26.4 Å². The summed E-state index contributed by atoms with van der Waals surface area (Å²) in [6.07, 6.45) is -2.26. The zero-order chi connectivity index (χ0) is 12.8. The number of ether oxygens (including phenoxy) is 2. The predicted molar refractivity (Wildman–Crippen MR) is 50.7 cm³/mol. The number of rotatable bonds is 8. The Kier molecular flexibility index (Phi) is 15.6. The van der Waals surface area contributed by atoms with E-state index in [1.807, 2.05) is 0 Å². The van der Waals surface area contributed by atoms with Crippen molar-refractivity contribution in [3.63, 3.8) is 0 Å². The lowest BCUT2D eigenvalue weighted by Gasteiger charge is -2.01. The molecule has 0 aliphatic rings. The Bertz CT molecular complexity index is 150. The third-order valence-electron chi connectivity index (χ3n) is 1.19. The fraction of sp³-hybridized carbons (Fsp3) is 0.889. The van der Waals surface area contributed by atoms with E-state index in [1.54, 1.807) is 0 Å². The Balaban J connectivity index is 0. The molecular weight excluding hydrogens is 224 g/mol. The van der Waals surface area contributed by atoms with Gasteiger partial charge in [0.2, 0.25) is 0 Å². The maximum absolute atomic E-state index is 10.5. The van der Waals surface area contributed by atoms with Gasteiger partial charge in [0.25, 0.3) is 6.43 Å². The molecule has 0 heterocycles. The zero-order valence-corrected chi connectivity index (χ0v) is 9.42. The lowest BCUT2D eigenvalue weighted by molar-refractivity contribution is -0.374. The lowest BCUT2D eigenvalue weighted by atomic mass is 10.5. The minimum atomic E-state index is -3.34. The van der Waals surface area contributed by atoms with Crippen molar-refractivity contribution in [2.75, 3.05) is 33.0 Å². The van der Waals surface area contributed by atoms with Gasteiger partial charge in [-0.3, -0.25) is 0 Å². The number of quaternary nitrogens is 1. The van der Waals surface area contributed by atoms with Crippen LogP contribution in [0.15, 0.2) is 0 Å².